The Hall–Kier alpha value is -2.28. The van der Waals surface area contributed by atoms with Crippen LogP contribution in [0.15, 0.2) is 59.5 Å². The third-order valence-electron chi connectivity index (χ3n) is 2.45. The molecule has 0 saturated carbocycles. The van der Waals surface area contributed by atoms with Crippen LogP contribution < -0.4 is 4.74 Å². The lowest BCUT2D eigenvalue weighted by molar-refractivity contribution is -0.419. The zero-order valence-corrected chi connectivity index (χ0v) is 12.1. The van der Waals surface area contributed by atoms with E-state index in [0.717, 1.165) is 24.3 Å². The molecule has 0 amide bonds. The Bertz CT molecular complexity index is 651. The molecular formula is C14H11ClF3NO3. The maximum atomic E-state index is 12.6. The van der Waals surface area contributed by atoms with Gasteiger partial charge in [0.2, 0.25) is 0 Å². The average Bonchev–Trinajstić information content (AvgIpc) is 2.43. The monoisotopic (exact) mass is 333 g/mol. The summed E-state index contributed by atoms with van der Waals surface area (Å²) in [6, 6.07) is 4.11. The molecule has 0 aromatic heterocycles. The van der Waals surface area contributed by atoms with Crippen molar-refractivity contribution in [1.29, 1.82) is 0 Å². The first-order chi connectivity index (χ1) is 10.1. The summed E-state index contributed by atoms with van der Waals surface area (Å²) in [7, 11) is 0. The van der Waals surface area contributed by atoms with Crippen molar-refractivity contribution < 1.29 is 22.8 Å². The second kappa shape index (κ2) is 7.13. The first-order valence-electron chi connectivity index (χ1n) is 5.87. The van der Waals surface area contributed by atoms with Crippen LogP contribution in [0.2, 0.25) is 0 Å². The molecule has 0 aliphatic heterocycles. The van der Waals surface area contributed by atoms with Gasteiger partial charge in [-0.2, -0.15) is 13.2 Å². The fourth-order valence-corrected chi connectivity index (χ4v) is 1.53. The van der Waals surface area contributed by atoms with Crippen LogP contribution >= 0.6 is 11.6 Å². The number of benzene rings is 1. The van der Waals surface area contributed by atoms with E-state index in [1.54, 1.807) is 0 Å². The van der Waals surface area contributed by atoms with E-state index in [-0.39, 0.29) is 22.2 Å². The maximum Gasteiger partial charge on any atom is 0.416 e. The molecule has 0 N–H and O–H groups in total. The molecule has 1 rings (SSSR count). The molecule has 0 atom stereocenters. The quantitative estimate of drug-likeness (QED) is 0.333. The van der Waals surface area contributed by atoms with E-state index in [2.05, 4.69) is 6.58 Å². The van der Waals surface area contributed by atoms with Crippen LogP contribution in [0.25, 0.3) is 0 Å². The summed E-state index contributed by atoms with van der Waals surface area (Å²) in [6.45, 7) is 4.87. The number of nitro groups is 1. The van der Waals surface area contributed by atoms with Crippen molar-refractivity contribution in [2.24, 2.45) is 0 Å². The highest BCUT2D eigenvalue weighted by Gasteiger charge is 2.30. The van der Waals surface area contributed by atoms with Crippen molar-refractivity contribution in [2.45, 2.75) is 13.1 Å². The minimum absolute atomic E-state index is 0.130. The molecule has 118 valence electrons. The number of hydrogen-bond donors (Lipinski definition) is 0. The highest BCUT2D eigenvalue weighted by Crippen LogP contribution is 2.32. The van der Waals surface area contributed by atoms with E-state index in [0.29, 0.717) is 0 Å². The van der Waals surface area contributed by atoms with Gasteiger partial charge in [0, 0.05) is 6.08 Å². The number of hydrogen-bond acceptors (Lipinski definition) is 3. The Kier molecular flexibility index (Phi) is 5.76. The number of rotatable bonds is 5. The van der Waals surface area contributed by atoms with E-state index in [4.69, 9.17) is 16.3 Å². The topological polar surface area (TPSA) is 52.4 Å². The zero-order chi connectivity index (χ0) is 16.9. The molecule has 0 aliphatic rings. The molecule has 0 fully saturated rings. The van der Waals surface area contributed by atoms with E-state index in [1.807, 2.05) is 0 Å². The lowest BCUT2D eigenvalue weighted by Gasteiger charge is -2.11. The first kappa shape index (κ1) is 17.8. The van der Waals surface area contributed by atoms with Crippen LogP contribution in [0.4, 0.5) is 13.2 Å². The van der Waals surface area contributed by atoms with Crippen molar-refractivity contribution >= 4 is 11.6 Å². The molecule has 4 nitrogen and oxygen atoms in total. The molecule has 0 spiro atoms. The number of halogens is 4. The highest BCUT2D eigenvalue weighted by atomic mass is 35.5. The van der Waals surface area contributed by atoms with Gasteiger partial charge in [-0.1, -0.05) is 24.2 Å². The van der Waals surface area contributed by atoms with Gasteiger partial charge in [-0.15, -0.1) is 0 Å². The van der Waals surface area contributed by atoms with Gasteiger partial charge in [0.15, 0.2) is 0 Å². The Morgan fingerprint density at radius 2 is 2.09 bits per heavy atom. The third-order valence-corrected chi connectivity index (χ3v) is 2.77. The lowest BCUT2D eigenvalue weighted by atomic mass is 10.2. The predicted octanol–water partition coefficient (Wildman–Crippen LogP) is 4.90. The van der Waals surface area contributed by atoms with Crippen LogP contribution in [0, 0.1) is 10.1 Å². The van der Waals surface area contributed by atoms with Gasteiger partial charge in [0.1, 0.15) is 11.5 Å². The summed E-state index contributed by atoms with van der Waals surface area (Å²) < 4.78 is 42.8. The SMILES string of the molecule is C=C(Oc1cccc(C(F)(F)F)c1)/C(Cl)=C\C(=C/C)[N+](=O)[O-]. The van der Waals surface area contributed by atoms with Crippen LogP contribution in [-0.2, 0) is 6.18 Å². The predicted molar refractivity (Wildman–Crippen MR) is 75.9 cm³/mol. The van der Waals surface area contributed by atoms with Gasteiger partial charge in [0.25, 0.3) is 5.70 Å². The normalized spacial score (nSPS) is 13.0. The maximum absolute atomic E-state index is 12.6. The van der Waals surface area contributed by atoms with Gasteiger partial charge >= 0.3 is 6.18 Å². The first-order valence-corrected chi connectivity index (χ1v) is 6.25. The summed E-state index contributed by atoms with van der Waals surface area (Å²) in [5.41, 5.74) is -1.18. The van der Waals surface area contributed by atoms with Gasteiger partial charge < -0.3 is 4.74 Å². The van der Waals surface area contributed by atoms with Gasteiger partial charge in [-0.25, -0.2) is 0 Å². The molecule has 0 radical (unpaired) electrons. The molecule has 0 unspecified atom stereocenters. The van der Waals surface area contributed by atoms with Crippen molar-refractivity contribution in [3.8, 4) is 5.75 Å². The van der Waals surface area contributed by atoms with Crippen LogP contribution in [0.1, 0.15) is 12.5 Å². The van der Waals surface area contributed by atoms with Gasteiger partial charge in [0.05, 0.1) is 15.5 Å². The molecule has 0 aliphatic carbocycles. The molecule has 1 aromatic rings. The fraction of sp³-hybridized carbons (Fsp3) is 0.143. The van der Waals surface area contributed by atoms with Crippen molar-refractivity contribution in [3.63, 3.8) is 0 Å². The summed E-state index contributed by atoms with van der Waals surface area (Å²) >= 11 is 5.80. The van der Waals surface area contributed by atoms with Gasteiger partial charge in [-0.3, -0.25) is 10.1 Å². The second-order valence-electron chi connectivity index (χ2n) is 4.01. The van der Waals surface area contributed by atoms with Crippen molar-refractivity contribution in [1.82, 2.24) is 0 Å². The Balaban J connectivity index is 2.94. The number of nitrogens with zero attached hydrogens (tertiary/aromatic N) is 1. The molecule has 0 bridgehead atoms. The van der Waals surface area contributed by atoms with E-state index < -0.39 is 16.7 Å². The van der Waals surface area contributed by atoms with E-state index in [1.165, 1.54) is 19.1 Å². The summed E-state index contributed by atoms with van der Waals surface area (Å²) in [6.07, 6.45) is -2.30. The molecule has 8 heteroatoms. The van der Waals surface area contributed by atoms with Crippen molar-refractivity contribution in [2.75, 3.05) is 0 Å². The third kappa shape index (κ3) is 4.92. The Morgan fingerprint density at radius 3 is 2.59 bits per heavy atom. The minimum Gasteiger partial charge on any atom is -0.456 e. The Morgan fingerprint density at radius 1 is 1.45 bits per heavy atom. The minimum atomic E-state index is -4.51. The number of allylic oxidation sites excluding steroid dienone is 3. The number of ether oxygens (including phenoxy) is 1. The van der Waals surface area contributed by atoms with Crippen LogP contribution in [-0.4, -0.2) is 4.92 Å². The smallest absolute Gasteiger partial charge is 0.416 e. The Labute approximate surface area is 129 Å². The van der Waals surface area contributed by atoms with E-state index in [9.17, 15) is 23.3 Å². The van der Waals surface area contributed by atoms with Gasteiger partial charge in [-0.05, 0) is 31.2 Å². The summed E-state index contributed by atoms with van der Waals surface area (Å²) in [5.74, 6) is -0.336. The molecular weight excluding hydrogens is 323 g/mol. The molecule has 0 saturated heterocycles. The largest absolute Gasteiger partial charge is 0.456 e. The van der Waals surface area contributed by atoms with Crippen LogP contribution in [0.3, 0.4) is 0 Å². The lowest BCUT2D eigenvalue weighted by Crippen LogP contribution is -2.05. The molecule has 1 aromatic carbocycles. The zero-order valence-electron chi connectivity index (χ0n) is 11.4. The van der Waals surface area contributed by atoms with Crippen molar-refractivity contribution in [3.05, 3.63) is 75.2 Å². The summed E-state index contributed by atoms with van der Waals surface area (Å²) in [4.78, 5) is 9.97. The molecule has 0 heterocycles. The summed E-state index contributed by atoms with van der Waals surface area (Å²) in [5, 5.41) is 10.4. The van der Waals surface area contributed by atoms with Crippen LogP contribution in [0.5, 0.6) is 5.75 Å². The average molecular weight is 334 g/mol. The number of alkyl halides is 3. The highest BCUT2D eigenvalue weighted by molar-refractivity contribution is 6.31. The fourth-order valence-electron chi connectivity index (χ4n) is 1.38. The standard InChI is InChI=1S/C14H11ClF3NO3/c1-3-11(19(20)21)8-13(15)9(2)22-12-6-4-5-10(7-12)14(16,17)18/h3-8H,2H2,1H3/b11-3+,13-8+. The molecule has 22 heavy (non-hydrogen) atoms. The van der Waals surface area contributed by atoms with E-state index >= 15 is 0 Å². The second-order valence-corrected chi connectivity index (χ2v) is 4.42.